The summed E-state index contributed by atoms with van der Waals surface area (Å²) in [5, 5.41) is 0. The molecule has 0 spiro atoms. The predicted molar refractivity (Wildman–Crippen MR) is 75.4 cm³/mol. The molecule has 1 aromatic rings. The lowest BCUT2D eigenvalue weighted by Gasteiger charge is -2.43. The Morgan fingerprint density at radius 1 is 1.39 bits per heavy atom. The third kappa shape index (κ3) is 2.23. The van der Waals surface area contributed by atoms with Gasteiger partial charge in [0.05, 0.1) is 10.6 Å². The molecule has 0 aliphatic carbocycles. The summed E-state index contributed by atoms with van der Waals surface area (Å²) in [5.41, 5.74) is 0.396. The quantitative estimate of drug-likeness (QED) is 0.585. The number of ether oxygens (including phenoxy) is 1. The van der Waals surface area contributed by atoms with E-state index in [1.165, 1.54) is 6.26 Å². The summed E-state index contributed by atoms with van der Waals surface area (Å²) < 4.78 is 29.0. The monoisotopic (exact) mass is 333 g/mol. The molecule has 2 rings (SSSR count). The second-order valence-electron chi connectivity index (χ2n) is 5.05. The van der Waals surface area contributed by atoms with Crippen molar-refractivity contribution in [2.24, 2.45) is 0 Å². The molecule has 0 amide bonds. The number of sulfone groups is 1. The molecule has 4 nitrogen and oxygen atoms in total. The van der Waals surface area contributed by atoms with Gasteiger partial charge >= 0.3 is 0 Å². The van der Waals surface area contributed by atoms with Crippen LogP contribution < -0.4 is 9.64 Å². The smallest absolute Gasteiger partial charge is 0.175 e. The number of fused-ring (bicyclic) bond motifs is 1. The second-order valence-corrected chi connectivity index (χ2v) is 7.94. The van der Waals surface area contributed by atoms with Crippen molar-refractivity contribution in [2.45, 2.75) is 29.3 Å². The van der Waals surface area contributed by atoms with Crippen LogP contribution in [0.5, 0.6) is 5.75 Å². The minimum atomic E-state index is -3.20. The van der Waals surface area contributed by atoms with Gasteiger partial charge in [0.1, 0.15) is 16.3 Å². The Bertz CT molecular complexity index is 583. The predicted octanol–water partition coefficient (Wildman–Crippen LogP) is 2.42. The maximum atomic E-state index is 11.6. The summed E-state index contributed by atoms with van der Waals surface area (Å²) in [6, 6.07) is 4.93. The molecule has 0 radical (unpaired) electrons. The van der Waals surface area contributed by atoms with Crippen LogP contribution in [0.4, 0.5) is 5.69 Å². The summed E-state index contributed by atoms with van der Waals surface area (Å²) in [5.74, 6) is 0.700. The number of rotatable bonds is 1. The first-order chi connectivity index (χ1) is 8.13. The van der Waals surface area contributed by atoms with E-state index in [2.05, 4.69) is 15.9 Å². The van der Waals surface area contributed by atoms with Crippen LogP contribution in [0.25, 0.3) is 0 Å². The van der Waals surface area contributed by atoms with Gasteiger partial charge < -0.3 is 9.64 Å². The molecule has 0 aromatic heterocycles. The largest absolute Gasteiger partial charge is 0.483 e. The molecule has 0 bridgehead atoms. The number of benzene rings is 1. The first-order valence-corrected chi connectivity index (χ1v) is 8.33. The van der Waals surface area contributed by atoms with Crippen LogP contribution in [0.1, 0.15) is 13.8 Å². The standard InChI is InChI=1S/C12H16BrNO3S/c1-12(2)11(13)14(3)9-7-8(18(4,15)16)5-6-10(9)17-12/h5-7,11H,1-4H3. The van der Waals surface area contributed by atoms with Crippen LogP contribution in [0.15, 0.2) is 23.1 Å². The SMILES string of the molecule is CN1c2cc(S(C)(=O)=O)ccc2OC(C)(C)C1Br. The third-order valence-corrected chi connectivity index (χ3v) is 5.85. The van der Waals surface area contributed by atoms with Gasteiger partial charge in [-0.2, -0.15) is 0 Å². The van der Waals surface area contributed by atoms with Gasteiger partial charge in [0.2, 0.25) is 0 Å². The summed E-state index contributed by atoms with van der Waals surface area (Å²) in [4.78, 5) is 2.26. The highest BCUT2D eigenvalue weighted by Crippen LogP contribution is 2.42. The van der Waals surface area contributed by atoms with Gasteiger partial charge in [0.15, 0.2) is 9.84 Å². The Kier molecular flexibility index (Phi) is 3.14. The zero-order valence-electron chi connectivity index (χ0n) is 10.8. The summed E-state index contributed by atoms with van der Waals surface area (Å²) >= 11 is 3.57. The molecule has 0 fully saturated rings. The molecule has 0 N–H and O–H groups in total. The highest BCUT2D eigenvalue weighted by molar-refractivity contribution is 9.09. The Hall–Kier alpha value is -0.750. The second kappa shape index (κ2) is 4.13. The summed E-state index contributed by atoms with van der Waals surface area (Å²) in [7, 11) is -1.29. The average Bonchev–Trinajstić information content (AvgIpc) is 2.24. The maximum Gasteiger partial charge on any atom is 0.175 e. The number of alkyl halides is 1. The van der Waals surface area contributed by atoms with E-state index in [1.807, 2.05) is 25.8 Å². The molecule has 1 atom stereocenters. The van der Waals surface area contributed by atoms with Crippen molar-refractivity contribution < 1.29 is 13.2 Å². The highest BCUT2D eigenvalue weighted by atomic mass is 79.9. The van der Waals surface area contributed by atoms with Crippen molar-refractivity contribution in [3.8, 4) is 5.75 Å². The van der Waals surface area contributed by atoms with Crippen molar-refractivity contribution in [2.75, 3.05) is 18.2 Å². The number of likely N-dealkylation sites (N-methyl/N-ethyl adjacent to an activating group) is 1. The van der Waals surface area contributed by atoms with Crippen LogP contribution in [0, 0.1) is 0 Å². The van der Waals surface area contributed by atoms with Gasteiger partial charge in [-0.3, -0.25) is 0 Å². The fourth-order valence-electron chi connectivity index (χ4n) is 2.01. The molecule has 1 aliphatic rings. The molecule has 1 heterocycles. The minimum Gasteiger partial charge on any atom is -0.483 e. The van der Waals surface area contributed by atoms with E-state index < -0.39 is 9.84 Å². The normalized spacial score (nSPS) is 22.3. The van der Waals surface area contributed by atoms with E-state index >= 15 is 0 Å². The lowest BCUT2D eigenvalue weighted by Crippen LogP contribution is -2.51. The van der Waals surface area contributed by atoms with Crippen molar-refractivity contribution in [1.29, 1.82) is 0 Å². The van der Waals surface area contributed by atoms with Gasteiger partial charge in [-0.05, 0) is 32.0 Å². The Morgan fingerprint density at radius 2 is 2.00 bits per heavy atom. The first-order valence-electron chi connectivity index (χ1n) is 5.53. The van der Waals surface area contributed by atoms with Gasteiger partial charge in [-0.25, -0.2) is 8.42 Å². The van der Waals surface area contributed by atoms with Crippen molar-refractivity contribution in [3.05, 3.63) is 18.2 Å². The molecule has 1 unspecified atom stereocenters. The van der Waals surface area contributed by atoms with Crippen molar-refractivity contribution in [3.63, 3.8) is 0 Å². The number of nitrogens with zero attached hydrogens (tertiary/aromatic N) is 1. The fraction of sp³-hybridized carbons (Fsp3) is 0.500. The molecule has 0 saturated carbocycles. The summed E-state index contributed by atoms with van der Waals surface area (Å²) in [6.45, 7) is 3.96. The van der Waals surface area contributed by atoms with Gasteiger partial charge in [0, 0.05) is 13.3 Å². The molecular weight excluding hydrogens is 318 g/mol. The highest BCUT2D eigenvalue weighted by Gasteiger charge is 2.38. The van der Waals surface area contributed by atoms with E-state index in [9.17, 15) is 8.42 Å². The van der Waals surface area contributed by atoms with Crippen LogP contribution in [0.3, 0.4) is 0 Å². The summed E-state index contributed by atoms with van der Waals surface area (Å²) in [6.07, 6.45) is 1.20. The van der Waals surface area contributed by atoms with E-state index in [0.717, 1.165) is 5.69 Å². The van der Waals surface area contributed by atoms with E-state index in [4.69, 9.17) is 4.74 Å². The van der Waals surface area contributed by atoms with Crippen LogP contribution >= 0.6 is 15.9 Å². The van der Waals surface area contributed by atoms with Crippen LogP contribution in [-0.2, 0) is 9.84 Å². The Morgan fingerprint density at radius 3 is 2.56 bits per heavy atom. The van der Waals surface area contributed by atoms with E-state index in [0.29, 0.717) is 10.6 Å². The van der Waals surface area contributed by atoms with Crippen LogP contribution in [0.2, 0.25) is 0 Å². The van der Waals surface area contributed by atoms with E-state index in [1.54, 1.807) is 18.2 Å². The first kappa shape index (κ1) is 13.7. The lowest BCUT2D eigenvalue weighted by molar-refractivity contribution is 0.0975. The van der Waals surface area contributed by atoms with Crippen LogP contribution in [-0.4, -0.2) is 32.3 Å². The Balaban J connectivity index is 2.56. The van der Waals surface area contributed by atoms with Gasteiger partial charge in [-0.15, -0.1) is 0 Å². The molecule has 1 aromatic carbocycles. The molecule has 6 heteroatoms. The third-order valence-electron chi connectivity index (χ3n) is 3.03. The number of hydrogen-bond acceptors (Lipinski definition) is 4. The number of hydrogen-bond donors (Lipinski definition) is 0. The number of anilines is 1. The average molecular weight is 334 g/mol. The minimum absolute atomic E-state index is 0.0210. The Labute approximate surface area is 116 Å². The topological polar surface area (TPSA) is 46.6 Å². The molecular formula is C12H16BrNO3S. The van der Waals surface area contributed by atoms with Gasteiger partial charge in [-0.1, -0.05) is 15.9 Å². The lowest BCUT2D eigenvalue weighted by atomic mass is 10.1. The van der Waals surface area contributed by atoms with Crippen molar-refractivity contribution >= 4 is 31.5 Å². The molecule has 18 heavy (non-hydrogen) atoms. The van der Waals surface area contributed by atoms with Gasteiger partial charge in [0.25, 0.3) is 0 Å². The molecule has 1 aliphatic heterocycles. The molecule has 0 saturated heterocycles. The number of halogens is 1. The zero-order chi connectivity index (χ0) is 13.7. The van der Waals surface area contributed by atoms with Crippen molar-refractivity contribution in [1.82, 2.24) is 0 Å². The molecule has 100 valence electrons. The fourth-order valence-corrected chi connectivity index (χ4v) is 2.97. The zero-order valence-corrected chi connectivity index (χ0v) is 13.2. The van der Waals surface area contributed by atoms with E-state index in [-0.39, 0.29) is 10.6 Å². The maximum absolute atomic E-state index is 11.6.